The van der Waals surface area contributed by atoms with Crippen LogP contribution in [0.4, 0.5) is 0 Å². The van der Waals surface area contributed by atoms with Crippen LogP contribution in [0.25, 0.3) is 0 Å². The second-order valence-electron chi connectivity index (χ2n) is 4.29. The average molecular weight is 316 g/mol. The van der Waals surface area contributed by atoms with E-state index in [0.717, 1.165) is 10.4 Å². The van der Waals surface area contributed by atoms with Crippen LogP contribution < -0.4 is 0 Å². The van der Waals surface area contributed by atoms with E-state index >= 15 is 0 Å². The lowest BCUT2D eigenvalue weighted by atomic mass is 10.2. The molecule has 0 saturated carbocycles. The van der Waals surface area contributed by atoms with Crippen LogP contribution in [0.2, 0.25) is 5.02 Å². The summed E-state index contributed by atoms with van der Waals surface area (Å²) in [6.45, 7) is 1.89. The molecule has 2 aromatic rings. The number of hydrogen-bond donors (Lipinski definition) is 0. The highest BCUT2D eigenvalue weighted by Crippen LogP contribution is 2.18. The van der Waals surface area contributed by atoms with Crippen LogP contribution in [0.15, 0.2) is 29.8 Å². The maximum atomic E-state index is 12.1. The van der Waals surface area contributed by atoms with Crippen molar-refractivity contribution in [2.75, 3.05) is 5.75 Å². The van der Waals surface area contributed by atoms with E-state index < -0.39 is 9.84 Å². The third kappa shape index (κ3) is 4.03. The van der Waals surface area contributed by atoms with Crippen molar-refractivity contribution >= 4 is 32.8 Å². The number of hydrogen-bond acceptors (Lipinski definition) is 4. The predicted molar refractivity (Wildman–Crippen MR) is 79.5 cm³/mol. The van der Waals surface area contributed by atoms with Gasteiger partial charge in [-0.15, -0.1) is 11.3 Å². The van der Waals surface area contributed by atoms with Crippen molar-refractivity contribution in [3.05, 3.63) is 50.9 Å². The van der Waals surface area contributed by atoms with E-state index in [1.807, 2.05) is 25.1 Å². The standard InChI is InChI=1S/C13H14ClNO2S2/c1-10-13(15-9-18-10)8-19(16,17)7-6-11-4-2-3-5-12(11)14/h2-5,9H,6-8H2,1H3. The summed E-state index contributed by atoms with van der Waals surface area (Å²) >= 11 is 7.48. The summed E-state index contributed by atoms with van der Waals surface area (Å²) in [6, 6.07) is 7.32. The minimum Gasteiger partial charge on any atom is -0.248 e. The molecule has 19 heavy (non-hydrogen) atoms. The van der Waals surface area contributed by atoms with Crippen LogP contribution in [0.1, 0.15) is 16.1 Å². The smallest absolute Gasteiger partial charge is 0.156 e. The third-order valence-electron chi connectivity index (χ3n) is 2.84. The molecule has 102 valence electrons. The van der Waals surface area contributed by atoms with Crippen LogP contribution in [0, 0.1) is 6.92 Å². The van der Waals surface area contributed by atoms with Crippen molar-refractivity contribution < 1.29 is 8.42 Å². The molecule has 0 atom stereocenters. The van der Waals surface area contributed by atoms with Crippen molar-refractivity contribution in [2.45, 2.75) is 19.1 Å². The molecule has 1 aromatic heterocycles. The Morgan fingerprint density at radius 2 is 2.05 bits per heavy atom. The Labute approximate surface area is 122 Å². The van der Waals surface area contributed by atoms with Gasteiger partial charge in [0.15, 0.2) is 9.84 Å². The zero-order valence-electron chi connectivity index (χ0n) is 10.5. The van der Waals surface area contributed by atoms with Gasteiger partial charge in [0.2, 0.25) is 0 Å². The number of benzene rings is 1. The van der Waals surface area contributed by atoms with Crippen molar-refractivity contribution in [3.8, 4) is 0 Å². The van der Waals surface area contributed by atoms with Gasteiger partial charge in [0.1, 0.15) is 0 Å². The molecule has 0 fully saturated rings. The quantitative estimate of drug-likeness (QED) is 0.851. The summed E-state index contributed by atoms with van der Waals surface area (Å²) in [5.74, 6) is 0.0977. The number of halogens is 1. The maximum absolute atomic E-state index is 12.1. The van der Waals surface area contributed by atoms with Gasteiger partial charge in [-0.05, 0) is 25.0 Å². The third-order valence-corrected chi connectivity index (χ3v) is 5.55. The Morgan fingerprint density at radius 1 is 1.32 bits per heavy atom. The summed E-state index contributed by atoms with van der Waals surface area (Å²) in [7, 11) is -3.16. The van der Waals surface area contributed by atoms with Gasteiger partial charge in [-0.25, -0.2) is 13.4 Å². The summed E-state index contributed by atoms with van der Waals surface area (Å²) in [4.78, 5) is 5.05. The Hall–Kier alpha value is -0.910. The first kappa shape index (κ1) is 14.5. The van der Waals surface area contributed by atoms with Crippen molar-refractivity contribution in [2.24, 2.45) is 0 Å². The fraction of sp³-hybridized carbons (Fsp3) is 0.308. The molecule has 0 amide bonds. The molecule has 0 aliphatic carbocycles. The molecule has 0 saturated heterocycles. The summed E-state index contributed by atoms with van der Waals surface area (Å²) < 4.78 is 24.1. The fourth-order valence-corrected chi connectivity index (χ4v) is 4.02. The van der Waals surface area contributed by atoms with Crippen LogP contribution in [-0.2, 0) is 22.0 Å². The first-order valence-electron chi connectivity index (χ1n) is 5.81. The molecule has 0 radical (unpaired) electrons. The predicted octanol–water partition coefficient (Wildman–Crippen LogP) is 3.26. The molecule has 6 heteroatoms. The van der Waals surface area contributed by atoms with Crippen LogP contribution in [0.5, 0.6) is 0 Å². The molecule has 3 nitrogen and oxygen atoms in total. The fourth-order valence-electron chi connectivity index (χ4n) is 1.71. The number of rotatable bonds is 5. The molecule has 1 aromatic carbocycles. The minimum absolute atomic E-state index is 0.00673. The van der Waals surface area contributed by atoms with E-state index in [9.17, 15) is 8.42 Å². The minimum atomic E-state index is -3.16. The SMILES string of the molecule is Cc1scnc1CS(=O)(=O)CCc1ccccc1Cl. The first-order valence-corrected chi connectivity index (χ1v) is 8.88. The molecule has 1 heterocycles. The Kier molecular flexibility index (Phi) is 4.60. The van der Waals surface area contributed by atoms with E-state index in [1.54, 1.807) is 11.6 Å². The zero-order valence-corrected chi connectivity index (χ0v) is 12.9. The number of nitrogens with zero attached hydrogens (tertiary/aromatic N) is 1. The van der Waals surface area contributed by atoms with E-state index in [0.29, 0.717) is 17.1 Å². The average Bonchev–Trinajstić information content (AvgIpc) is 2.73. The topological polar surface area (TPSA) is 47.0 Å². The van der Waals surface area contributed by atoms with E-state index in [4.69, 9.17) is 11.6 Å². The van der Waals surface area contributed by atoms with Crippen molar-refractivity contribution in [1.82, 2.24) is 4.98 Å². The van der Waals surface area contributed by atoms with Gasteiger partial charge in [-0.2, -0.15) is 0 Å². The Bertz CT molecular complexity index is 665. The van der Waals surface area contributed by atoms with Gasteiger partial charge in [0.25, 0.3) is 0 Å². The van der Waals surface area contributed by atoms with Gasteiger partial charge in [-0.1, -0.05) is 29.8 Å². The molecular formula is C13H14ClNO2S2. The maximum Gasteiger partial charge on any atom is 0.156 e. The van der Waals surface area contributed by atoms with Crippen molar-refractivity contribution in [1.29, 1.82) is 0 Å². The van der Waals surface area contributed by atoms with Crippen LogP contribution in [-0.4, -0.2) is 19.2 Å². The number of aryl methyl sites for hydroxylation is 2. The van der Waals surface area contributed by atoms with Gasteiger partial charge in [0, 0.05) is 9.90 Å². The molecule has 0 bridgehead atoms. The highest BCUT2D eigenvalue weighted by atomic mass is 35.5. The molecule has 0 N–H and O–H groups in total. The van der Waals surface area contributed by atoms with E-state index in [-0.39, 0.29) is 11.5 Å². The Balaban J connectivity index is 2.03. The van der Waals surface area contributed by atoms with E-state index in [2.05, 4.69) is 4.98 Å². The lowest BCUT2D eigenvalue weighted by Gasteiger charge is -2.05. The van der Waals surface area contributed by atoms with Gasteiger partial charge >= 0.3 is 0 Å². The molecule has 0 spiro atoms. The largest absolute Gasteiger partial charge is 0.248 e. The number of aromatic nitrogens is 1. The summed E-state index contributed by atoms with van der Waals surface area (Å²) in [5.41, 5.74) is 3.20. The van der Waals surface area contributed by atoms with Gasteiger partial charge < -0.3 is 0 Å². The summed E-state index contributed by atoms with van der Waals surface area (Å²) in [6.07, 6.45) is 0.436. The number of sulfone groups is 1. The zero-order chi connectivity index (χ0) is 13.9. The number of thiazole rings is 1. The van der Waals surface area contributed by atoms with Gasteiger partial charge in [0.05, 0.1) is 22.7 Å². The second-order valence-corrected chi connectivity index (χ2v) is 7.94. The molecule has 0 unspecified atom stereocenters. The molecular weight excluding hydrogens is 302 g/mol. The molecule has 0 aliphatic heterocycles. The van der Waals surface area contributed by atoms with E-state index in [1.165, 1.54) is 11.3 Å². The monoisotopic (exact) mass is 315 g/mol. The molecule has 0 aliphatic rings. The highest BCUT2D eigenvalue weighted by molar-refractivity contribution is 7.90. The lowest BCUT2D eigenvalue weighted by Crippen LogP contribution is -2.12. The van der Waals surface area contributed by atoms with Crippen LogP contribution in [0.3, 0.4) is 0 Å². The van der Waals surface area contributed by atoms with Crippen molar-refractivity contribution in [3.63, 3.8) is 0 Å². The van der Waals surface area contributed by atoms with Crippen LogP contribution >= 0.6 is 22.9 Å². The second kappa shape index (κ2) is 6.03. The summed E-state index contributed by atoms with van der Waals surface area (Å²) in [5, 5.41) is 0.613. The normalized spacial score (nSPS) is 11.7. The molecule has 2 rings (SSSR count). The van der Waals surface area contributed by atoms with Gasteiger partial charge in [-0.3, -0.25) is 0 Å². The first-order chi connectivity index (χ1) is 8.98. The Morgan fingerprint density at radius 3 is 2.68 bits per heavy atom. The highest BCUT2D eigenvalue weighted by Gasteiger charge is 2.16. The lowest BCUT2D eigenvalue weighted by molar-refractivity contribution is 0.594.